The Morgan fingerprint density at radius 2 is 1.86 bits per heavy atom. The Hall–Kier alpha value is -0.260. The van der Waals surface area contributed by atoms with Crippen LogP contribution in [0, 0.1) is 17.4 Å². The van der Waals surface area contributed by atoms with E-state index in [1.165, 1.54) is 38.5 Å². The normalized spacial score (nSPS) is 26.0. The van der Waals surface area contributed by atoms with E-state index in [0.29, 0.717) is 5.41 Å². The topological polar surface area (TPSA) is 0 Å². The number of hydrogen-bond donors (Lipinski definition) is 0. The highest BCUT2D eigenvalue weighted by Gasteiger charge is 2.38. The Morgan fingerprint density at radius 3 is 2.29 bits per heavy atom. The third-order valence-corrected chi connectivity index (χ3v) is 4.32. The molecule has 1 atom stereocenters. The van der Waals surface area contributed by atoms with Crippen LogP contribution in [0.1, 0.15) is 66.2 Å². The Bertz CT molecular complexity index is 196. The maximum absolute atomic E-state index is 3.64. The highest BCUT2D eigenvalue weighted by Crippen LogP contribution is 2.49. The van der Waals surface area contributed by atoms with E-state index in [0.717, 1.165) is 5.92 Å². The summed E-state index contributed by atoms with van der Waals surface area (Å²) < 4.78 is 0. The van der Waals surface area contributed by atoms with Crippen LogP contribution in [0.25, 0.3) is 0 Å². The molecule has 0 bridgehead atoms. The van der Waals surface area contributed by atoms with Crippen molar-refractivity contribution in [2.75, 3.05) is 0 Å². The van der Waals surface area contributed by atoms with Crippen molar-refractivity contribution in [1.82, 2.24) is 0 Å². The van der Waals surface area contributed by atoms with Crippen molar-refractivity contribution in [3.8, 4) is 0 Å². The van der Waals surface area contributed by atoms with E-state index in [1.54, 1.807) is 5.57 Å². The Balaban J connectivity index is 2.99. The molecule has 0 spiro atoms. The van der Waals surface area contributed by atoms with Gasteiger partial charge in [-0.05, 0) is 49.5 Å². The third-order valence-electron chi connectivity index (χ3n) is 4.32. The van der Waals surface area contributed by atoms with Gasteiger partial charge in [0.2, 0.25) is 0 Å². The zero-order chi connectivity index (χ0) is 10.6. The van der Waals surface area contributed by atoms with Crippen molar-refractivity contribution in [2.24, 2.45) is 11.3 Å². The number of allylic oxidation sites excluding steroid dienone is 2. The summed E-state index contributed by atoms with van der Waals surface area (Å²) in [4.78, 5) is 0. The summed E-state index contributed by atoms with van der Waals surface area (Å²) in [5.74, 6) is 0.911. The van der Waals surface area contributed by atoms with Gasteiger partial charge >= 0.3 is 0 Å². The van der Waals surface area contributed by atoms with Crippen LogP contribution >= 0.6 is 0 Å². The quantitative estimate of drug-likeness (QED) is 0.604. The van der Waals surface area contributed by atoms with E-state index >= 15 is 0 Å². The summed E-state index contributed by atoms with van der Waals surface area (Å²) in [7, 11) is 0. The van der Waals surface area contributed by atoms with Crippen LogP contribution < -0.4 is 0 Å². The number of rotatable bonds is 4. The monoisotopic (exact) mass is 193 g/mol. The second-order valence-electron chi connectivity index (χ2n) is 4.52. The van der Waals surface area contributed by atoms with Gasteiger partial charge in [-0.1, -0.05) is 39.7 Å². The summed E-state index contributed by atoms with van der Waals surface area (Å²) in [6, 6.07) is 0. The van der Waals surface area contributed by atoms with E-state index in [9.17, 15) is 0 Å². The molecular weight excluding hydrogens is 168 g/mol. The van der Waals surface area contributed by atoms with Gasteiger partial charge in [0.15, 0.2) is 0 Å². The van der Waals surface area contributed by atoms with Crippen molar-refractivity contribution in [2.45, 2.75) is 66.2 Å². The number of hydrogen-bond acceptors (Lipinski definition) is 0. The zero-order valence-corrected chi connectivity index (χ0v) is 10.3. The van der Waals surface area contributed by atoms with Crippen LogP contribution in [-0.4, -0.2) is 0 Å². The van der Waals surface area contributed by atoms with E-state index in [2.05, 4.69) is 33.8 Å². The van der Waals surface area contributed by atoms with Gasteiger partial charge in [0, 0.05) is 0 Å². The fraction of sp³-hybridized carbons (Fsp3) is 0.857. The Kier molecular flexibility index (Phi) is 4.22. The van der Waals surface area contributed by atoms with Gasteiger partial charge < -0.3 is 0 Å². The van der Waals surface area contributed by atoms with E-state index < -0.39 is 0 Å². The summed E-state index contributed by atoms with van der Waals surface area (Å²) >= 11 is 0. The molecule has 1 radical (unpaired) electrons. The van der Waals surface area contributed by atoms with Gasteiger partial charge in [-0.25, -0.2) is 0 Å². The lowest BCUT2D eigenvalue weighted by atomic mass is 9.60. The van der Waals surface area contributed by atoms with Crippen LogP contribution in [0.3, 0.4) is 0 Å². The molecule has 0 N–H and O–H groups in total. The molecule has 0 fully saturated rings. The summed E-state index contributed by atoms with van der Waals surface area (Å²) in [6.45, 7) is 9.35. The van der Waals surface area contributed by atoms with Crippen molar-refractivity contribution in [3.63, 3.8) is 0 Å². The molecule has 14 heavy (non-hydrogen) atoms. The van der Waals surface area contributed by atoms with E-state index in [-0.39, 0.29) is 0 Å². The average Bonchev–Trinajstić information content (AvgIpc) is 2.27. The highest BCUT2D eigenvalue weighted by atomic mass is 14.4. The SMILES string of the molecule is CCC1=[C]CCC(CC)C1(CC)CC. The molecule has 0 aromatic carbocycles. The smallest absolute Gasteiger partial charge is 0.00593 e. The van der Waals surface area contributed by atoms with Gasteiger partial charge in [0.25, 0.3) is 0 Å². The minimum atomic E-state index is 0.502. The van der Waals surface area contributed by atoms with Crippen molar-refractivity contribution >= 4 is 0 Å². The Labute approximate surface area is 89.8 Å². The largest absolute Gasteiger partial charge is 0.0651 e. The lowest BCUT2D eigenvalue weighted by Crippen LogP contribution is -2.33. The minimum Gasteiger partial charge on any atom is -0.0651 e. The summed E-state index contributed by atoms with van der Waals surface area (Å²) in [6.07, 6.45) is 11.4. The molecule has 81 valence electrons. The molecule has 0 heterocycles. The molecule has 0 aliphatic heterocycles. The zero-order valence-electron chi connectivity index (χ0n) is 10.3. The highest BCUT2D eigenvalue weighted by molar-refractivity contribution is 5.16. The molecular formula is C14H25. The maximum atomic E-state index is 3.64. The molecule has 0 heteroatoms. The van der Waals surface area contributed by atoms with E-state index in [4.69, 9.17) is 0 Å². The molecule has 0 nitrogen and oxygen atoms in total. The summed E-state index contributed by atoms with van der Waals surface area (Å²) in [5, 5.41) is 0. The van der Waals surface area contributed by atoms with Crippen molar-refractivity contribution in [3.05, 3.63) is 11.6 Å². The first-order valence-corrected chi connectivity index (χ1v) is 6.35. The predicted octanol–water partition coefficient (Wildman–Crippen LogP) is 4.75. The second-order valence-corrected chi connectivity index (χ2v) is 4.52. The predicted molar refractivity (Wildman–Crippen MR) is 63.1 cm³/mol. The van der Waals surface area contributed by atoms with Gasteiger partial charge in [-0.3, -0.25) is 0 Å². The van der Waals surface area contributed by atoms with E-state index in [1.807, 2.05) is 0 Å². The molecule has 0 saturated carbocycles. The first-order chi connectivity index (χ1) is 6.75. The maximum Gasteiger partial charge on any atom is -0.00593 e. The second kappa shape index (κ2) is 5.00. The molecule has 1 aliphatic rings. The van der Waals surface area contributed by atoms with Gasteiger partial charge in [0.05, 0.1) is 0 Å². The molecule has 0 aromatic rings. The van der Waals surface area contributed by atoms with Crippen LogP contribution in [0.15, 0.2) is 5.57 Å². The molecule has 0 amide bonds. The molecule has 1 rings (SSSR count). The lowest BCUT2D eigenvalue weighted by molar-refractivity contribution is 0.156. The Morgan fingerprint density at radius 1 is 1.21 bits per heavy atom. The van der Waals surface area contributed by atoms with Crippen LogP contribution in [0.4, 0.5) is 0 Å². The van der Waals surface area contributed by atoms with Crippen LogP contribution in [-0.2, 0) is 0 Å². The van der Waals surface area contributed by atoms with Crippen LogP contribution in [0.5, 0.6) is 0 Å². The average molecular weight is 193 g/mol. The minimum absolute atomic E-state index is 0.502. The molecule has 0 aromatic heterocycles. The fourth-order valence-corrected chi connectivity index (χ4v) is 3.42. The summed E-state index contributed by atoms with van der Waals surface area (Å²) in [5.41, 5.74) is 2.13. The fourth-order valence-electron chi connectivity index (χ4n) is 3.42. The third kappa shape index (κ3) is 1.76. The van der Waals surface area contributed by atoms with Crippen molar-refractivity contribution in [1.29, 1.82) is 0 Å². The lowest BCUT2D eigenvalue weighted by Gasteiger charge is -2.44. The molecule has 1 unspecified atom stereocenters. The van der Waals surface area contributed by atoms with Crippen molar-refractivity contribution < 1.29 is 0 Å². The standard InChI is InChI=1S/C14H25/c1-5-12-10-9-11-13(6-2)14(12,7-3)8-4/h12H,5-10H2,1-4H3. The molecule has 0 saturated heterocycles. The van der Waals surface area contributed by atoms with Gasteiger partial charge in [-0.15, -0.1) is 0 Å². The molecule has 1 aliphatic carbocycles. The first-order valence-electron chi connectivity index (χ1n) is 6.35. The van der Waals surface area contributed by atoms with Crippen LogP contribution in [0.2, 0.25) is 0 Å². The first kappa shape index (κ1) is 11.8. The van der Waals surface area contributed by atoms with Gasteiger partial charge in [0.1, 0.15) is 0 Å². The van der Waals surface area contributed by atoms with Gasteiger partial charge in [-0.2, -0.15) is 0 Å².